The van der Waals surface area contributed by atoms with Crippen LogP contribution in [0.2, 0.25) is 0 Å². The molecular formula is C18H20N2O6S. The van der Waals surface area contributed by atoms with Crippen LogP contribution in [-0.2, 0) is 14.4 Å². The van der Waals surface area contributed by atoms with Crippen LogP contribution in [0.25, 0.3) is 0 Å². The van der Waals surface area contributed by atoms with Crippen molar-refractivity contribution in [3.63, 3.8) is 0 Å². The maximum absolute atomic E-state index is 12.6. The lowest BCUT2D eigenvalue weighted by atomic mass is 10.1. The molecule has 1 saturated heterocycles. The summed E-state index contributed by atoms with van der Waals surface area (Å²) in [6.45, 7) is 5.19. The topological polar surface area (TPSA) is 93.2 Å². The molecule has 0 aliphatic carbocycles. The van der Waals surface area contributed by atoms with E-state index in [1.807, 2.05) is 0 Å². The molecule has 2 heterocycles. The number of hydroxylamine groups is 2. The largest absolute Gasteiger partial charge is 0.444 e. The summed E-state index contributed by atoms with van der Waals surface area (Å²) in [5.41, 5.74) is -0.354. The molecule has 1 atom stereocenters. The molecule has 0 spiro atoms. The number of carbonyl (C=O) groups excluding carboxylic acids is 4. The third-order valence-corrected chi connectivity index (χ3v) is 4.97. The van der Waals surface area contributed by atoms with E-state index >= 15 is 0 Å². The predicted molar refractivity (Wildman–Crippen MR) is 96.8 cm³/mol. The number of amides is 3. The Morgan fingerprint density at radius 1 is 1.11 bits per heavy atom. The molecule has 0 N–H and O–H groups in total. The number of carbonyl (C=O) groups is 4. The van der Waals surface area contributed by atoms with E-state index in [-0.39, 0.29) is 17.0 Å². The van der Waals surface area contributed by atoms with Crippen molar-refractivity contribution in [2.45, 2.75) is 38.8 Å². The van der Waals surface area contributed by atoms with Gasteiger partial charge in [0, 0.05) is 0 Å². The number of benzene rings is 1. The Labute approximate surface area is 160 Å². The summed E-state index contributed by atoms with van der Waals surface area (Å²) in [5, 5.41) is 0.460. The fraction of sp³-hybridized carbons (Fsp3) is 0.444. The lowest BCUT2D eigenvalue weighted by Gasteiger charge is -2.35. The first-order valence-corrected chi connectivity index (χ1v) is 9.61. The summed E-state index contributed by atoms with van der Waals surface area (Å²) in [4.78, 5) is 56.1. The quantitative estimate of drug-likeness (QED) is 0.714. The van der Waals surface area contributed by atoms with Crippen molar-refractivity contribution in [3.05, 3.63) is 35.4 Å². The van der Waals surface area contributed by atoms with Crippen molar-refractivity contribution >= 4 is 35.6 Å². The number of nitrogens with zero attached hydrogens (tertiary/aromatic N) is 2. The molecule has 3 amide bonds. The number of hydrogen-bond donors (Lipinski definition) is 0. The van der Waals surface area contributed by atoms with Gasteiger partial charge in [-0.2, -0.15) is 0 Å². The molecule has 1 unspecified atom stereocenters. The third kappa shape index (κ3) is 3.92. The summed E-state index contributed by atoms with van der Waals surface area (Å²) in [6, 6.07) is 5.31. The molecule has 0 saturated carbocycles. The second kappa shape index (κ2) is 7.22. The first-order valence-electron chi connectivity index (χ1n) is 8.46. The first-order chi connectivity index (χ1) is 12.7. The molecule has 0 bridgehead atoms. The number of fused-ring (bicyclic) bond motifs is 1. The molecule has 1 fully saturated rings. The number of rotatable bonds is 2. The highest BCUT2D eigenvalue weighted by Gasteiger charge is 2.42. The van der Waals surface area contributed by atoms with E-state index in [4.69, 9.17) is 9.57 Å². The van der Waals surface area contributed by atoms with Gasteiger partial charge in [-0.05, 0) is 45.1 Å². The van der Waals surface area contributed by atoms with Crippen molar-refractivity contribution in [1.82, 2.24) is 9.96 Å². The van der Waals surface area contributed by atoms with Gasteiger partial charge in [-0.1, -0.05) is 17.2 Å². The van der Waals surface area contributed by atoms with Gasteiger partial charge in [0.2, 0.25) is 0 Å². The van der Waals surface area contributed by atoms with Gasteiger partial charge in [-0.15, -0.1) is 11.8 Å². The molecule has 27 heavy (non-hydrogen) atoms. The number of thioether (sulfide) groups is 1. The zero-order chi connectivity index (χ0) is 19.8. The van der Waals surface area contributed by atoms with Gasteiger partial charge in [-0.3, -0.25) is 14.5 Å². The van der Waals surface area contributed by atoms with Crippen LogP contribution in [0.4, 0.5) is 4.79 Å². The van der Waals surface area contributed by atoms with E-state index in [0.29, 0.717) is 17.2 Å². The number of imide groups is 1. The molecule has 8 nitrogen and oxygen atoms in total. The van der Waals surface area contributed by atoms with E-state index in [9.17, 15) is 19.2 Å². The van der Waals surface area contributed by atoms with Gasteiger partial charge in [0.15, 0.2) is 0 Å². The average Bonchev–Trinajstić information content (AvgIpc) is 2.85. The van der Waals surface area contributed by atoms with Crippen LogP contribution in [0.15, 0.2) is 24.3 Å². The van der Waals surface area contributed by atoms with Crippen molar-refractivity contribution in [2.75, 3.05) is 11.6 Å². The Morgan fingerprint density at radius 2 is 1.70 bits per heavy atom. The molecule has 1 aromatic carbocycles. The van der Waals surface area contributed by atoms with Crippen LogP contribution in [-0.4, -0.2) is 57.1 Å². The van der Waals surface area contributed by atoms with Gasteiger partial charge >= 0.3 is 12.1 Å². The highest BCUT2D eigenvalue weighted by Crippen LogP contribution is 2.26. The van der Waals surface area contributed by atoms with Crippen LogP contribution in [0.5, 0.6) is 0 Å². The van der Waals surface area contributed by atoms with Crippen LogP contribution in [0, 0.1) is 0 Å². The number of hydrogen-bond acceptors (Lipinski definition) is 7. The van der Waals surface area contributed by atoms with Crippen LogP contribution in [0.3, 0.4) is 0 Å². The fourth-order valence-electron chi connectivity index (χ4n) is 2.75. The highest BCUT2D eigenvalue weighted by atomic mass is 32.2. The van der Waals surface area contributed by atoms with Crippen LogP contribution < -0.4 is 0 Å². The van der Waals surface area contributed by atoms with E-state index in [1.54, 1.807) is 32.9 Å². The van der Waals surface area contributed by atoms with Crippen molar-refractivity contribution in [3.8, 4) is 0 Å². The minimum absolute atomic E-state index is 0.179. The van der Waals surface area contributed by atoms with E-state index in [2.05, 4.69) is 0 Å². The van der Waals surface area contributed by atoms with Crippen molar-refractivity contribution < 1.29 is 28.8 Å². The normalized spacial score (nSPS) is 19.7. The van der Waals surface area contributed by atoms with E-state index < -0.39 is 35.5 Å². The lowest BCUT2D eigenvalue weighted by molar-refractivity contribution is -0.174. The van der Waals surface area contributed by atoms with E-state index in [1.165, 1.54) is 28.8 Å². The smallest absolute Gasteiger partial charge is 0.411 e. The van der Waals surface area contributed by atoms with Crippen LogP contribution in [0.1, 0.15) is 47.9 Å². The minimum Gasteiger partial charge on any atom is -0.444 e. The molecule has 1 aromatic rings. The molecular weight excluding hydrogens is 372 g/mol. The van der Waals surface area contributed by atoms with Gasteiger partial charge in [-0.25, -0.2) is 9.59 Å². The summed E-state index contributed by atoms with van der Waals surface area (Å²) in [5.74, 6) is -1.33. The molecule has 2 aliphatic heterocycles. The van der Waals surface area contributed by atoms with E-state index in [0.717, 1.165) is 0 Å². The standard InChI is InChI=1S/C18H20N2O6S/c1-18(2,3)25-17(24)19-10-27-9-8-13(19)16(23)26-20-14(21)11-6-4-5-7-12(11)15(20)22/h4-7,13H,8-10H2,1-3H3. The Morgan fingerprint density at radius 3 is 2.26 bits per heavy atom. The summed E-state index contributed by atoms with van der Waals surface area (Å²) < 4.78 is 5.34. The Balaban J connectivity index is 1.74. The number of ether oxygens (including phenoxy) is 1. The lowest BCUT2D eigenvalue weighted by Crippen LogP contribution is -2.51. The minimum atomic E-state index is -0.926. The van der Waals surface area contributed by atoms with Gasteiger partial charge in [0.1, 0.15) is 11.6 Å². The Bertz CT molecular complexity index is 768. The molecule has 3 rings (SSSR count). The average molecular weight is 392 g/mol. The summed E-state index contributed by atoms with van der Waals surface area (Å²) in [7, 11) is 0. The second-order valence-corrected chi connectivity index (χ2v) is 8.23. The van der Waals surface area contributed by atoms with Gasteiger partial charge < -0.3 is 9.57 Å². The molecule has 0 radical (unpaired) electrons. The maximum Gasteiger partial charge on any atom is 0.411 e. The zero-order valence-corrected chi connectivity index (χ0v) is 16.1. The molecule has 144 valence electrons. The molecule has 2 aliphatic rings. The predicted octanol–water partition coefficient (Wildman–Crippen LogP) is 2.44. The highest BCUT2D eigenvalue weighted by molar-refractivity contribution is 7.99. The molecule has 0 aromatic heterocycles. The monoisotopic (exact) mass is 392 g/mol. The SMILES string of the molecule is CC(C)(C)OC(=O)N1CSCCC1C(=O)ON1C(=O)c2ccccc2C1=O. The second-order valence-electron chi connectivity index (χ2n) is 7.15. The first kappa shape index (κ1) is 19.2. The zero-order valence-electron chi connectivity index (χ0n) is 15.3. The summed E-state index contributed by atoms with van der Waals surface area (Å²) in [6.07, 6.45) is -0.301. The van der Waals surface area contributed by atoms with Crippen LogP contribution >= 0.6 is 11.8 Å². The maximum atomic E-state index is 12.6. The molecule has 9 heteroatoms. The third-order valence-electron chi connectivity index (χ3n) is 3.98. The van der Waals surface area contributed by atoms with Crippen molar-refractivity contribution in [1.29, 1.82) is 0 Å². The van der Waals surface area contributed by atoms with Gasteiger partial charge in [0.05, 0.1) is 17.0 Å². The fourth-order valence-corrected chi connectivity index (χ4v) is 3.75. The Kier molecular flexibility index (Phi) is 5.14. The summed E-state index contributed by atoms with van der Waals surface area (Å²) >= 11 is 1.48. The Hall–Kier alpha value is -2.55. The van der Waals surface area contributed by atoms with Gasteiger partial charge in [0.25, 0.3) is 11.8 Å². The van der Waals surface area contributed by atoms with Crippen molar-refractivity contribution in [2.24, 2.45) is 0 Å².